The Balaban J connectivity index is 2.38. The first kappa shape index (κ1) is 15.5. The van der Waals surface area contributed by atoms with Gasteiger partial charge in [0.25, 0.3) is 0 Å². The van der Waals surface area contributed by atoms with Gasteiger partial charge < -0.3 is 4.90 Å². The first-order chi connectivity index (χ1) is 9.34. The number of benzene rings is 1. The second kappa shape index (κ2) is 5.84. The maximum Gasteiger partial charge on any atom is 0.416 e. The summed E-state index contributed by atoms with van der Waals surface area (Å²) in [4.78, 5) is 2.10. The molecule has 1 unspecified atom stereocenters. The molecule has 0 saturated carbocycles. The number of hydrogen-bond donors (Lipinski definition) is 0. The second-order valence-corrected chi connectivity index (χ2v) is 5.89. The number of halogens is 4. The molecule has 0 N–H and O–H groups in total. The van der Waals surface area contributed by atoms with Crippen LogP contribution in [0.1, 0.15) is 37.8 Å². The molecule has 0 aliphatic carbocycles. The summed E-state index contributed by atoms with van der Waals surface area (Å²) < 4.78 is 39.2. The van der Waals surface area contributed by atoms with Crippen LogP contribution in [0.25, 0.3) is 0 Å². The molecule has 1 aliphatic rings. The lowest BCUT2D eigenvalue weighted by Crippen LogP contribution is -2.33. The van der Waals surface area contributed by atoms with Gasteiger partial charge in [0.1, 0.15) is 0 Å². The Morgan fingerprint density at radius 2 is 2.05 bits per heavy atom. The SMILES string of the molecule is CC(C)C1CCCN1c1ccc(CCl)c(C(F)(F)F)c1. The van der Waals surface area contributed by atoms with Gasteiger partial charge in [-0.1, -0.05) is 19.9 Å². The minimum absolute atomic E-state index is 0.122. The van der Waals surface area contributed by atoms with Gasteiger partial charge in [0.15, 0.2) is 0 Å². The average molecular weight is 306 g/mol. The lowest BCUT2D eigenvalue weighted by Gasteiger charge is -2.30. The van der Waals surface area contributed by atoms with Crippen LogP contribution in [-0.4, -0.2) is 12.6 Å². The minimum Gasteiger partial charge on any atom is -0.368 e. The predicted octanol–water partition coefficient (Wildman–Crippen LogP) is 5.07. The highest BCUT2D eigenvalue weighted by Crippen LogP contribution is 2.37. The Labute approximate surface area is 122 Å². The highest BCUT2D eigenvalue weighted by molar-refractivity contribution is 6.17. The zero-order chi connectivity index (χ0) is 14.9. The minimum atomic E-state index is -4.35. The highest BCUT2D eigenvalue weighted by atomic mass is 35.5. The highest BCUT2D eigenvalue weighted by Gasteiger charge is 2.35. The Morgan fingerprint density at radius 3 is 2.60 bits per heavy atom. The molecule has 1 atom stereocenters. The fourth-order valence-corrected chi connectivity index (χ4v) is 3.16. The van der Waals surface area contributed by atoms with Crippen molar-refractivity contribution in [3.8, 4) is 0 Å². The number of rotatable bonds is 3. The average Bonchev–Trinajstić information content (AvgIpc) is 2.86. The van der Waals surface area contributed by atoms with E-state index < -0.39 is 11.7 Å². The molecule has 1 aromatic carbocycles. The topological polar surface area (TPSA) is 3.24 Å². The molecule has 0 bridgehead atoms. The maximum absolute atomic E-state index is 13.1. The maximum atomic E-state index is 13.1. The van der Waals surface area contributed by atoms with Crippen LogP contribution in [0.3, 0.4) is 0 Å². The van der Waals surface area contributed by atoms with E-state index in [1.54, 1.807) is 6.07 Å². The molecule has 20 heavy (non-hydrogen) atoms. The molecule has 5 heteroatoms. The van der Waals surface area contributed by atoms with Crippen molar-refractivity contribution in [2.75, 3.05) is 11.4 Å². The Hall–Kier alpha value is -0.900. The van der Waals surface area contributed by atoms with Crippen molar-refractivity contribution < 1.29 is 13.2 Å². The fourth-order valence-electron chi connectivity index (χ4n) is 2.93. The quantitative estimate of drug-likeness (QED) is 0.705. The van der Waals surface area contributed by atoms with Gasteiger partial charge in [-0.2, -0.15) is 13.2 Å². The lowest BCUT2D eigenvalue weighted by atomic mass is 10.0. The van der Waals surface area contributed by atoms with Crippen molar-refractivity contribution in [1.82, 2.24) is 0 Å². The molecular weight excluding hydrogens is 287 g/mol. The molecular formula is C15H19ClF3N. The van der Waals surface area contributed by atoms with Gasteiger partial charge in [0.05, 0.1) is 5.56 Å². The van der Waals surface area contributed by atoms with Crippen molar-refractivity contribution in [2.45, 2.75) is 44.8 Å². The summed E-state index contributed by atoms with van der Waals surface area (Å²) in [5, 5.41) is 0. The van der Waals surface area contributed by atoms with E-state index in [1.165, 1.54) is 12.1 Å². The van der Waals surface area contributed by atoms with E-state index in [4.69, 9.17) is 11.6 Å². The number of alkyl halides is 4. The third kappa shape index (κ3) is 3.05. The van der Waals surface area contributed by atoms with E-state index in [9.17, 15) is 13.2 Å². The smallest absolute Gasteiger partial charge is 0.368 e. The molecule has 1 heterocycles. The largest absolute Gasteiger partial charge is 0.416 e. The standard InChI is InChI=1S/C15H19ClF3N/c1-10(2)14-4-3-7-20(14)12-6-5-11(9-16)13(8-12)15(17,18)19/h5-6,8,10,14H,3-4,7,9H2,1-2H3. The molecule has 0 aromatic heterocycles. The van der Waals surface area contributed by atoms with E-state index >= 15 is 0 Å². The summed E-state index contributed by atoms with van der Waals surface area (Å²) in [5.41, 5.74) is 0.185. The molecule has 112 valence electrons. The summed E-state index contributed by atoms with van der Waals surface area (Å²) in [6.45, 7) is 5.04. The Kier molecular flexibility index (Phi) is 4.52. The lowest BCUT2D eigenvalue weighted by molar-refractivity contribution is -0.138. The van der Waals surface area contributed by atoms with Crippen molar-refractivity contribution in [3.63, 3.8) is 0 Å². The summed E-state index contributed by atoms with van der Waals surface area (Å²) in [6.07, 6.45) is -2.29. The number of hydrogen-bond acceptors (Lipinski definition) is 1. The van der Waals surface area contributed by atoms with Gasteiger partial charge in [-0.05, 0) is 36.5 Å². The summed E-state index contributed by atoms with van der Waals surface area (Å²) in [7, 11) is 0. The third-order valence-corrected chi connectivity index (χ3v) is 4.23. The van der Waals surface area contributed by atoms with Crippen LogP contribution in [-0.2, 0) is 12.1 Å². The van der Waals surface area contributed by atoms with Gasteiger partial charge in [0, 0.05) is 24.2 Å². The normalized spacial score (nSPS) is 19.9. The monoisotopic (exact) mass is 305 g/mol. The summed E-state index contributed by atoms with van der Waals surface area (Å²) in [6, 6.07) is 4.82. The van der Waals surface area contributed by atoms with Crippen molar-refractivity contribution in [3.05, 3.63) is 29.3 Å². The zero-order valence-electron chi connectivity index (χ0n) is 11.7. The van der Waals surface area contributed by atoms with E-state index in [0.717, 1.165) is 19.4 Å². The zero-order valence-corrected chi connectivity index (χ0v) is 12.4. The first-order valence-electron chi connectivity index (χ1n) is 6.87. The van der Waals surface area contributed by atoms with Gasteiger partial charge in [0.2, 0.25) is 0 Å². The molecule has 2 rings (SSSR count). The first-order valence-corrected chi connectivity index (χ1v) is 7.40. The van der Waals surface area contributed by atoms with Crippen LogP contribution in [0.2, 0.25) is 0 Å². The molecule has 1 aromatic rings. The molecule has 1 fully saturated rings. The molecule has 0 spiro atoms. The summed E-state index contributed by atoms with van der Waals surface area (Å²) in [5.74, 6) is 0.308. The Bertz CT molecular complexity index is 471. The van der Waals surface area contributed by atoms with Gasteiger partial charge in [-0.25, -0.2) is 0 Å². The van der Waals surface area contributed by atoms with Crippen molar-refractivity contribution >= 4 is 17.3 Å². The van der Waals surface area contributed by atoms with Crippen LogP contribution >= 0.6 is 11.6 Å². The van der Waals surface area contributed by atoms with Gasteiger partial charge in [-0.3, -0.25) is 0 Å². The van der Waals surface area contributed by atoms with Gasteiger partial charge in [-0.15, -0.1) is 11.6 Å². The van der Waals surface area contributed by atoms with Crippen LogP contribution in [0, 0.1) is 5.92 Å². The van der Waals surface area contributed by atoms with E-state index in [-0.39, 0.29) is 11.4 Å². The molecule has 1 nitrogen and oxygen atoms in total. The summed E-state index contributed by atoms with van der Waals surface area (Å²) >= 11 is 5.62. The van der Waals surface area contributed by atoms with E-state index in [2.05, 4.69) is 18.7 Å². The van der Waals surface area contributed by atoms with Crippen LogP contribution in [0.15, 0.2) is 18.2 Å². The van der Waals surface area contributed by atoms with Crippen molar-refractivity contribution in [1.29, 1.82) is 0 Å². The molecule has 0 radical (unpaired) electrons. The van der Waals surface area contributed by atoms with Crippen LogP contribution < -0.4 is 4.90 Å². The molecule has 1 aliphatic heterocycles. The molecule has 0 amide bonds. The fraction of sp³-hybridized carbons (Fsp3) is 0.600. The van der Waals surface area contributed by atoms with Gasteiger partial charge >= 0.3 is 6.18 Å². The number of nitrogens with zero attached hydrogens (tertiary/aromatic N) is 1. The second-order valence-electron chi connectivity index (χ2n) is 5.62. The Morgan fingerprint density at radius 1 is 1.35 bits per heavy atom. The predicted molar refractivity (Wildman–Crippen MR) is 76.2 cm³/mol. The third-order valence-electron chi connectivity index (χ3n) is 3.94. The number of anilines is 1. The molecule has 1 saturated heterocycles. The van der Waals surface area contributed by atoms with Crippen LogP contribution in [0.4, 0.5) is 18.9 Å². The van der Waals surface area contributed by atoms with Crippen molar-refractivity contribution in [2.24, 2.45) is 5.92 Å². The van der Waals surface area contributed by atoms with E-state index in [1.807, 2.05) is 0 Å². The van der Waals surface area contributed by atoms with Crippen LogP contribution in [0.5, 0.6) is 0 Å². The van der Waals surface area contributed by atoms with E-state index in [0.29, 0.717) is 17.6 Å².